The number of likely N-dealkylation sites (N-methyl/N-ethyl adjacent to an activating group) is 2. The van der Waals surface area contributed by atoms with E-state index in [4.69, 9.17) is 0 Å². The van der Waals surface area contributed by atoms with Crippen LogP contribution in [0.3, 0.4) is 0 Å². The van der Waals surface area contributed by atoms with Crippen LogP contribution in [-0.4, -0.2) is 62.7 Å². The minimum atomic E-state index is 0.688. The monoisotopic (exact) mass is 213 g/mol. The topological polar surface area (TPSA) is 18.5 Å². The van der Waals surface area contributed by atoms with Gasteiger partial charge in [-0.2, -0.15) is 0 Å². The number of rotatable bonds is 5. The van der Waals surface area contributed by atoms with Gasteiger partial charge in [0.25, 0.3) is 0 Å². The molecular weight excluding hydrogens is 186 g/mol. The molecule has 0 saturated carbocycles. The summed E-state index contributed by atoms with van der Waals surface area (Å²) in [6.45, 7) is 10.5. The van der Waals surface area contributed by atoms with Crippen molar-refractivity contribution in [3.8, 4) is 0 Å². The minimum absolute atomic E-state index is 0.688. The maximum absolute atomic E-state index is 3.59. The Bertz CT molecular complexity index is 172. The highest BCUT2D eigenvalue weighted by Gasteiger charge is 2.21. The van der Waals surface area contributed by atoms with Gasteiger partial charge in [0, 0.05) is 32.2 Å². The number of hydrogen-bond acceptors (Lipinski definition) is 3. The number of hydrogen-bond donors (Lipinski definition) is 1. The summed E-state index contributed by atoms with van der Waals surface area (Å²) < 4.78 is 0. The van der Waals surface area contributed by atoms with Crippen LogP contribution in [-0.2, 0) is 0 Å². The van der Waals surface area contributed by atoms with Crippen LogP contribution >= 0.6 is 0 Å². The van der Waals surface area contributed by atoms with Crippen molar-refractivity contribution in [3.63, 3.8) is 0 Å². The first-order valence-electron chi connectivity index (χ1n) is 6.23. The second-order valence-corrected chi connectivity index (χ2v) is 5.07. The SMILES string of the molecule is CCC(C)CNCC1CN(C)CCN1C. The fourth-order valence-electron chi connectivity index (χ4n) is 1.96. The molecule has 2 atom stereocenters. The fourth-order valence-corrected chi connectivity index (χ4v) is 1.96. The summed E-state index contributed by atoms with van der Waals surface area (Å²) in [7, 11) is 4.46. The highest BCUT2D eigenvalue weighted by atomic mass is 15.3. The summed E-state index contributed by atoms with van der Waals surface area (Å²) in [5.74, 6) is 0.802. The Labute approximate surface area is 94.8 Å². The van der Waals surface area contributed by atoms with Crippen LogP contribution in [0.4, 0.5) is 0 Å². The molecule has 1 heterocycles. The molecule has 1 aliphatic rings. The number of nitrogens with one attached hydrogen (secondary N) is 1. The van der Waals surface area contributed by atoms with Gasteiger partial charge in [0.2, 0.25) is 0 Å². The van der Waals surface area contributed by atoms with Crippen molar-refractivity contribution in [1.29, 1.82) is 0 Å². The van der Waals surface area contributed by atoms with Gasteiger partial charge in [-0.05, 0) is 26.6 Å². The molecule has 1 fully saturated rings. The number of piperazine rings is 1. The molecule has 0 aromatic carbocycles. The molecule has 0 amide bonds. The molecule has 0 aromatic rings. The summed E-state index contributed by atoms with van der Waals surface area (Å²) >= 11 is 0. The quantitative estimate of drug-likeness (QED) is 0.731. The molecule has 0 spiro atoms. The zero-order valence-corrected chi connectivity index (χ0v) is 10.8. The Morgan fingerprint density at radius 1 is 1.33 bits per heavy atom. The minimum Gasteiger partial charge on any atom is -0.315 e. The lowest BCUT2D eigenvalue weighted by atomic mass is 10.1. The van der Waals surface area contributed by atoms with E-state index in [1.807, 2.05) is 0 Å². The second-order valence-electron chi connectivity index (χ2n) is 5.07. The molecule has 0 radical (unpaired) electrons. The van der Waals surface area contributed by atoms with E-state index < -0.39 is 0 Å². The zero-order chi connectivity index (χ0) is 11.3. The van der Waals surface area contributed by atoms with Gasteiger partial charge in [-0.3, -0.25) is 4.90 Å². The van der Waals surface area contributed by atoms with Gasteiger partial charge in [0.1, 0.15) is 0 Å². The van der Waals surface area contributed by atoms with Gasteiger partial charge in [0.15, 0.2) is 0 Å². The molecule has 1 N–H and O–H groups in total. The molecule has 15 heavy (non-hydrogen) atoms. The second kappa shape index (κ2) is 6.46. The third-order valence-corrected chi connectivity index (χ3v) is 3.55. The van der Waals surface area contributed by atoms with Crippen molar-refractivity contribution in [2.24, 2.45) is 5.92 Å². The Hall–Kier alpha value is -0.120. The van der Waals surface area contributed by atoms with Crippen molar-refractivity contribution in [3.05, 3.63) is 0 Å². The van der Waals surface area contributed by atoms with Crippen LogP contribution in [0.2, 0.25) is 0 Å². The third-order valence-electron chi connectivity index (χ3n) is 3.55. The predicted molar refractivity (Wildman–Crippen MR) is 66.2 cm³/mol. The average molecular weight is 213 g/mol. The third kappa shape index (κ3) is 4.49. The molecule has 0 aromatic heterocycles. The van der Waals surface area contributed by atoms with E-state index in [1.165, 1.54) is 26.1 Å². The van der Waals surface area contributed by atoms with Gasteiger partial charge >= 0.3 is 0 Å². The van der Waals surface area contributed by atoms with Gasteiger partial charge in [-0.1, -0.05) is 20.3 Å². The molecule has 0 aliphatic carbocycles. The Morgan fingerprint density at radius 3 is 2.73 bits per heavy atom. The van der Waals surface area contributed by atoms with Crippen LogP contribution < -0.4 is 5.32 Å². The molecule has 3 heteroatoms. The number of nitrogens with zero attached hydrogens (tertiary/aromatic N) is 2. The molecule has 0 bridgehead atoms. The van der Waals surface area contributed by atoms with Crippen LogP contribution in [0.15, 0.2) is 0 Å². The van der Waals surface area contributed by atoms with Gasteiger partial charge in [0.05, 0.1) is 0 Å². The average Bonchev–Trinajstić information content (AvgIpc) is 2.23. The van der Waals surface area contributed by atoms with Crippen LogP contribution in [0.1, 0.15) is 20.3 Å². The molecule has 3 nitrogen and oxygen atoms in total. The summed E-state index contributed by atoms with van der Waals surface area (Å²) in [5, 5.41) is 3.59. The fraction of sp³-hybridized carbons (Fsp3) is 1.00. The maximum Gasteiger partial charge on any atom is 0.0345 e. The van der Waals surface area contributed by atoms with Crippen LogP contribution in [0.25, 0.3) is 0 Å². The van der Waals surface area contributed by atoms with Gasteiger partial charge in [-0.25, -0.2) is 0 Å². The van der Waals surface area contributed by atoms with Crippen LogP contribution in [0, 0.1) is 5.92 Å². The van der Waals surface area contributed by atoms with Crippen molar-refractivity contribution < 1.29 is 0 Å². The van der Waals surface area contributed by atoms with E-state index in [2.05, 4.69) is 43.1 Å². The van der Waals surface area contributed by atoms with Crippen LogP contribution in [0.5, 0.6) is 0 Å². The van der Waals surface area contributed by atoms with E-state index in [0.717, 1.165) is 19.0 Å². The van der Waals surface area contributed by atoms with E-state index in [9.17, 15) is 0 Å². The smallest absolute Gasteiger partial charge is 0.0345 e. The Balaban J connectivity index is 2.18. The summed E-state index contributed by atoms with van der Waals surface area (Å²) in [6, 6.07) is 0.688. The van der Waals surface area contributed by atoms with E-state index in [-0.39, 0.29) is 0 Å². The van der Waals surface area contributed by atoms with Gasteiger partial charge < -0.3 is 10.2 Å². The van der Waals surface area contributed by atoms with Crippen molar-refractivity contribution >= 4 is 0 Å². The molecule has 90 valence electrons. The van der Waals surface area contributed by atoms with Crippen molar-refractivity contribution in [2.75, 3.05) is 46.8 Å². The Kier molecular flexibility index (Phi) is 5.58. The molecular formula is C12H27N3. The van der Waals surface area contributed by atoms with Crippen molar-refractivity contribution in [1.82, 2.24) is 15.1 Å². The van der Waals surface area contributed by atoms with E-state index in [0.29, 0.717) is 6.04 Å². The lowest BCUT2D eigenvalue weighted by Gasteiger charge is -2.38. The molecule has 1 aliphatic heterocycles. The Morgan fingerprint density at radius 2 is 2.07 bits per heavy atom. The standard InChI is InChI=1S/C12H27N3/c1-5-11(2)8-13-9-12-10-14(3)6-7-15(12)4/h11-13H,5-10H2,1-4H3. The predicted octanol–water partition coefficient (Wildman–Crippen LogP) is 0.868. The molecule has 1 rings (SSSR count). The molecule has 2 unspecified atom stereocenters. The van der Waals surface area contributed by atoms with Crippen molar-refractivity contribution in [2.45, 2.75) is 26.3 Å². The highest BCUT2D eigenvalue weighted by Crippen LogP contribution is 2.05. The first kappa shape index (κ1) is 12.9. The van der Waals surface area contributed by atoms with E-state index in [1.54, 1.807) is 0 Å². The highest BCUT2D eigenvalue weighted by molar-refractivity contribution is 4.80. The molecule has 1 saturated heterocycles. The normalized spacial score (nSPS) is 26.8. The lowest BCUT2D eigenvalue weighted by Crippen LogP contribution is -2.54. The summed E-state index contributed by atoms with van der Waals surface area (Å²) in [6.07, 6.45) is 1.27. The first-order valence-corrected chi connectivity index (χ1v) is 6.23. The lowest BCUT2D eigenvalue weighted by molar-refractivity contribution is 0.113. The largest absolute Gasteiger partial charge is 0.315 e. The summed E-state index contributed by atoms with van der Waals surface area (Å²) in [5.41, 5.74) is 0. The maximum atomic E-state index is 3.59. The zero-order valence-electron chi connectivity index (χ0n) is 10.8. The van der Waals surface area contributed by atoms with E-state index >= 15 is 0 Å². The summed E-state index contributed by atoms with van der Waals surface area (Å²) in [4.78, 5) is 4.90. The first-order chi connectivity index (χ1) is 7.13. The van der Waals surface area contributed by atoms with Gasteiger partial charge in [-0.15, -0.1) is 0 Å².